The first-order valence-electron chi connectivity index (χ1n) is 9.16. The van der Waals surface area contributed by atoms with Crippen molar-refractivity contribution in [3.63, 3.8) is 0 Å². The molecule has 3 rings (SSSR count). The summed E-state index contributed by atoms with van der Waals surface area (Å²) < 4.78 is 6.65. The maximum absolute atomic E-state index is 12.4. The largest absolute Gasteiger partial charge is 0.442 e. The van der Waals surface area contributed by atoms with Crippen LogP contribution >= 0.6 is 0 Å². The first kappa shape index (κ1) is 21.7. The molecule has 0 unspecified atom stereocenters. The highest BCUT2D eigenvalue weighted by molar-refractivity contribution is 6.30. The van der Waals surface area contributed by atoms with Crippen LogP contribution in [0.25, 0.3) is 0 Å². The molecular weight excluding hydrogens is 414 g/mol. The average molecular weight is 433 g/mol. The van der Waals surface area contributed by atoms with Crippen LogP contribution in [0.1, 0.15) is 12.0 Å². The lowest BCUT2D eigenvalue weighted by atomic mass is 10.2. The average Bonchev–Trinajstić information content (AvgIpc) is 2.87. The minimum atomic E-state index is -1.37. The lowest BCUT2D eigenvalue weighted by molar-refractivity contribution is -0.384. The number of hydrogen-bond acceptors (Lipinski definition) is 10. The van der Waals surface area contributed by atoms with Crippen LogP contribution in [-0.4, -0.2) is 39.1 Å². The van der Waals surface area contributed by atoms with Gasteiger partial charge in [0.2, 0.25) is 5.75 Å². The van der Waals surface area contributed by atoms with Crippen LogP contribution in [0.15, 0.2) is 33.9 Å². The van der Waals surface area contributed by atoms with Crippen LogP contribution in [0.5, 0.6) is 5.75 Å². The van der Waals surface area contributed by atoms with Gasteiger partial charge in [0.25, 0.3) is 5.69 Å². The Morgan fingerprint density at radius 1 is 1.03 bits per heavy atom. The number of carbonyl (C=O) groups is 2. The molecule has 1 aromatic heterocycles. The zero-order valence-corrected chi connectivity index (χ0v) is 16.7. The van der Waals surface area contributed by atoms with Gasteiger partial charge in [-0.3, -0.25) is 24.0 Å². The van der Waals surface area contributed by atoms with Crippen molar-refractivity contribution in [3.05, 3.63) is 60.8 Å². The molecule has 1 aliphatic rings. The number of nitrogens with zero attached hydrogens (tertiary/aromatic N) is 4. The first-order valence-corrected chi connectivity index (χ1v) is 9.16. The number of anilines is 1. The van der Waals surface area contributed by atoms with Crippen molar-refractivity contribution in [2.45, 2.75) is 13.0 Å². The molecule has 0 saturated heterocycles. The third-order valence-electron chi connectivity index (χ3n) is 4.58. The first-order chi connectivity index (χ1) is 14.7. The molecule has 0 atom stereocenters. The van der Waals surface area contributed by atoms with Crippen LogP contribution in [0.4, 0.5) is 11.5 Å². The van der Waals surface area contributed by atoms with Crippen LogP contribution in [0.2, 0.25) is 0 Å². The zero-order chi connectivity index (χ0) is 22.7. The van der Waals surface area contributed by atoms with Crippen molar-refractivity contribution in [2.75, 3.05) is 18.2 Å². The van der Waals surface area contributed by atoms with E-state index in [0.29, 0.717) is 19.5 Å². The molecule has 0 saturated carbocycles. The molecule has 1 aromatic carbocycles. The molecule has 1 N–H and O–H groups in total. The summed E-state index contributed by atoms with van der Waals surface area (Å²) in [5.41, 5.74) is -0.717. The van der Waals surface area contributed by atoms with Gasteiger partial charge in [0, 0.05) is 32.8 Å². The van der Waals surface area contributed by atoms with Gasteiger partial charge in [0.05, 0.1) is 11.5 Å². The number of hydroxylamine groups is 1. The zero-order valence-electron chi connectivity index (χ0n) is 16.7. The molecule has 0 bridgehead atoms. The molecule has 0 spiro atoms. The second-order valence-corrected chi connectivity index (χ2v) is 6.68. The number of non-ortho nitro benzene ring substituents is 1. The molecule has 31 heavy (non-hydrogen) atoms. The molecule has 0 aliphatic carbocycles. The predicted octanol–water partition coefficient (Wildman–Crippen LogP) is -0.644. The van der Waals surface area contributed by atoms with E-state index in [1.807, 2.05) is 0 Å². The van der Waals surface area contributed by atoms with Crippen LogP contribution < -0.4 is 26.4 Å². The molecule has 0 radical (unpaired) electrons. The minimum absolute atomic E-state index is 0.00100. The van der Waals surface area contributed by atoms with Gasteiger partial charge < -0.3 is 14.9 Å². The minimum Gasteiger partial charge on any atom is -0.408 e. The van der Waals surface area contributed by atoms with Crippen molar-refractivity contribution in [3.8, 4) is 5.75 Å². The number of rotatable bonds is 7. The Kier molecular flexibility index (Phi) is 6.15. The smallest absolute Gasteiger partial charge is 0.408 e. The van der Waals surface area contributed by atoms with Crippen molar-refractivity contribution in [1.29, 1.82) is 0 Å². The van der Waals surface area contributed by atoms with E-state index in [1.54, 1.807) is 12.1 Å². The lowest BCUT2D eigenvalue weighted by Crippen LogP contribution is -2.41. The summed E-state index contributed by atoms with van der Waals surface area (Å²) in [7, 11) is 2.58. The van der Waals surface area contributed by atoms with E-state index in [-0.39, 0.29) is 18.1 Å². The Balaban J connectivity index is 1.68. The number of carbonyl (C=O) groups excluding carboxylic acids is 2. The Bertz CT molecular complexity index is 1150. The molecule has 13 heteroatoms. The number of ether oxygens (including phenoxy) is 1. The van der Waals surface area contributed by atoms with Gasteiger partial charge >= 0.3 is 23.2 Å². The fraction of sp³-hybridized carbons (Fsp3) is 0.333. The maximum Gasteiger partial charge on any atom is 0.442 e. The van der Waals surface area contributed by atoms with E-state index in [9.17, 15) is 29.3 Å². The van der Waals surface area contributed by atoms with Crippen molar-refractivity contribution in [2.24, 2.45) is 14.1 Å². The van der Waals surface area contributed by atoms with E-state index in [0.717, 1.165) is 19.8 Å². The van der Waals surface area contributed by atoms with Crippen molar-refractivity contribution < 1.29 is 24.1 Å². The van der Waals surface area contributed by atoms with Crippen LogP contribution in [-0.2, 0) is 35.1 Å². The Hall–Kier alpha value is -4.00. The highest BCUT2D eigenvalue weighted by Gasteiger charge is 2.34. The lowest BCUT2D eigenvalue weighted by Gasteiger charge is -2.23. The molecule has 2 heterocycles. The van der Waals surface area contributed by atoms with Gasteiger partial charge in [-0.25, -0.2) is 14.4 Å². The van der Waals surface area contributed by atoms with Gasteiger partial charge in [-0.05, 0) is 18.5 Å². The number of hydrogen-bond donors (Lipinski definition) is 1. The van der Waals surface area contributed by atoms with E-state index < -0.39 is 33.9 Å². The highest BCUT2D eigenvalue weighted by atomic mass is 16.7. The monoisotopic (exact) mass is 433 g/mol. The Morgan fingerprint density at radius 3 is 2.35 bits per heavy atom. The molecular formula is C18H19N5O8. The van der Waals surface area contributed by atoms with E-state index in [1.165, 1.54) is 26.2 Å². The highest BCUT2D eigenvalue weighted by Crippen LogP contribution is 2.26. The van der Waals surface area contributed by atoms with Crippen molar-refractivity contribution >= 4 is 23.4 Å². The number of nitrogens with one attached hydrogen (secondary N) is 1. The molecule has 1 aliphatic heterocycles. The Labute approximate surface area is 174 Å². The maximum atomic E-state index is 12.4. The molecule has 13 nitrogen and oxygen atoms in total. The van der Waals surface area contributed by atoms with Crippen molar-refractivity contribution in [1.82, 2.24) is 14.5 Å². The summed E-state index contributed by atoms with van der Waals surface area (Å²) in [5, 5.41) is 14.8. The number of nitro benzene ring substituents is 1. The standard InChI is InChI=1S/C18H19N5O8/c1-20-14-13(15(24)21(2)18(20)27)30-16(25)17(26)31-22(14)9-3-8-19-10-11-4-6-12(7-5-11)23(28)29/h4-7,19H,3,8-10H2,1-2H3. The van der Waals surface area contributed by atoms with Crippen LogP contribution in [0.3, 0.4) is 0 Å². The number of benzene rings is 1. The third-order valence-corrected chi connectivity index (χ3v) is 4.58. The Morgan fingerprint density at radius 2 is 1.71 bits per heavy atom. The normalized spacial score (nSPS) is 13.3. The molecule has 164 valence electrons. The fourth-order valence-electron chi connectivity index (χ4n) is 2.96. The van der Waals surface area contributed by atoms with Gasteiger partial charge in [-0.1, -0.05) is 12.1 Å². The van der Waals surface area contributed by atoms with E-state index >= 15 is 0 Å². The van der Waals surface area contributed by atoms with Gasteiger partial charge in [-0.2, -0.15) is 5.06 Å². The summed E-state index contributed by atoms with van der Waals surface area (Å²) in [5.74, 6) is -3.29. The molecule has 0 amide bonds. The molecule has 0 fully saturated rings. The number of nitro groups is 1. The summed E-state index contributed by atoms with van der Waals surface area (Å²) in [6.45, 7) is 0.937. The second kappa shape index (κ2) is 8.79. The van der Waals surface area contributed by atoms with E-state index in [2.05, 4.69) is 5.32 Å². The van der Waals surface area contributed by atoms with Gasteiger partial charge in [-0.15, -0.1) is 0 Å². The number of fused-ring (bicyclic) bond motifs is 1. The predicted molar refractivity (Wildman–Crippen MR) is 105 cm³/mol. The third kappa shape index (κ3) is 4.45. The topological polar surface area (TPSA) is 155 Å². The summed E-state index contributed by atoms with van der Waals surface area (Å²) in [6.07, 6.45) is 0.400. The SMILES string of the molecule is Cn1c2c(c(=O)n(C)c1=O)OC(=O)C(=O)ON2CCCNCc1ccc([N+](=O)[O-])cc1. The van der Waals surface area contributed by atoms with E-state index in [4.69, 9.17) is 9.57 Å². The summed E-state index contributed by atoms with van der Waals surface area (Å²) in [6, 6.07) is 6.07. The van der Waals surface area contributed by atoms with Gasteiger partial charge in [0.1, 0.15) is 0 Å². The fourth-order valence-corrected chi connectivity index (χ4v) is 2.96. The van der Waals surface area contributed by atoms with Crippen LogP contribution in [0, 0.1) is 10.1 Å². The number of esters is 1. The summed E-state index contributed by atoms with van der Waals surface area (Å²) in [4.78, 5) is 63.4. The molecule has 2 aromatic rings. The van der Waals surface area contributed by atoms with Gasteiger partial charge in [0.15, 0.2) is 5.82 Å². The number of aromatic nitrogens is 2. The second-order valence-electron chi connectivity index (χ2n) is 6.68. The summed E-state index contributed by atoms with van der Waals surface area (Å²) >= 11 is 0. The quantitative estimate of drug-likeness (QED) is 0.196.